The molecular weight excluding hydrogens is 658 g/mol. The normalized spacial score (nSPS) is 25.5. The number of ether oxygens (including phenoxy) is 3. The number of fused-ring (bicyclic) bond motifs is 5. The van der Waals surface area contributed by atoms with Gasteiger partial charge in [-0.25, -0.2) is 14.8 Å². The molecule has 1 amide bonds. The van der Waals surface area contributed by atoms with Crippen LogP contribution in [0.3, 0.4) is 0 Å². The van der Waals surface area contributed by atoms with Gasteiger partial charge in [-0.1, -0.05) is 11.6 Å². The molecule has 272 valence electrons. The molecule has 52 heavy (non-hydrogen) atoms. The van der Waals surface area contributed by atoms with Crippen LogP contribution in [-0.2, 0) is 16.0 Å². The summed E-state index contributed by atoms with van der Waals surface area (Å²) >= 11 is 0. The van der Waals surface area contributed by atoms with Gasteiger partial charge < -0.3 is 24.0 Å². The third-order valence-corrected chi connectivity index (χ3v) is 10.8. The lowest BCUT2D eigenvalue weighted by atomic mass is 9.87. The van der Waals surface area contributed by atoms with Crippen LogP contribution in [0.25, 0.3) is 5.57 Å². The van der Waals surface area contributed by atoms with Crippen molar-refractivity contribution in [1.82, 2.24) is 34.6 Å². The summed E-state index contributed by atoms with van der Waals surface area (Å²) < 4.78 is 17.2. The van der Waals surface area contributed by atoms with Crippen molar-refractivity contribution in [2.24, 2.45) is 0 Å². The van der Waals surface area contributed by atoms with Gasteiger partial charge in [-0.05, 0) is 58.3 Å². The number of nitrogens with zero attached hydrogens (tertiary/aromatic N) is 9. The molecule has 0 saturated carbocycles. The van der Waals surface area contributed by atoms with Crippen molar-refractivity contribution >= 4 is 17.5 Å². The van der Waals surface area contributed by atoms with E-state index >= 15 is 0 Å². The molecule has 0 aromatic carbocycles. The van der Waals surface area contributed by atoms with Gasteiger partial charge in [0.15, 0.2) is 0 Å². The second-order valence-corrected chi connectivity index (χ2v) is 15.7. The molecule has 8 aliphatic heterocycles. The van der Waals surface area contributed by atoms with E-state index in [1.807, 2.05) is 75.6 Å². The molecule has 4 unspecified atom stereocenters. The summed E-state index contributed by atoms with van der Waals surface area (Å²) in [6, 6.07) is 7.69. The van der Waals surface area contributed by atoms with Gasteiger partial charge in [-0.15, -0.1) is 0 Å². The zero-order valence-electron chi connectivity index (χ0n) is 30.7. The van der Waals surface area contributed by atoms with Gasteiger partial charge >= 0.3 is 6.09 Å². The van der Waals surface area contributed by atoms with Crippen LogP contribution >= 0.6 is 0 Å². The smallest absolute Gasteiger partial charge is 0.410 e. The maximum atomic E-state index is 12.7. The van der Waals surface area contributed by atoms with Gasteiger partial charge in [0.1, 0.15) is 29.9 Å². The lowest BCUT2D eigenvalue weighted by Crippen LogP contribution is -2.70. The third-order valence-electron chi connectivity index (χ3n) is 10.8. The number of pyridine rings is 1. The van der Waals surface area contributed by atoms with E-state index in [1.54, 1.807) is 7.11 Å². The highest BCUT2D eigenvalue weighted by Gasteiger charge is 2.49. The van der Waals surface area contributed by atoms with Crippen LogP contribution < -0.4 is 9.64 Å². The molecule has 6 fully saturated rings. The number of allylic oxidation sites excluding steroid dienone is 4. The molecule has 6 saturated heterocycles. The number of nitriles is 1. The first kappa shape index (κ1) is 34.2. The van der Waals surface area contributed by atoms with Crippen molar-refractivity contribution in [3.05, 3.63) is 82.9 Å². The zero-order chi connectivity index (χ0) is 36.1. The summed E-state index contributed by atoms with van der Waals surface area (Å²) in [6.45, 7) is 14.0. The van der Waals surface area contributed by atoms with Crippen LogP contribution in [0.15, 0.2) is 71.7 Å². The lowest BCUT2D eigenvalue weighted by Gasteiger charge is -2.56. The number of hydrogen-bond acceptors (Lipinski definition) is 12. The van der Waals surface area contributed by atoms with Gasteiger partial charge in [0.2, 0.25) is 5.88 Å². The Labute approximate surface area is 305 Å². The molecule has 0 radical (unpaired) electrons. The Morgan fingerprint density at radius 2 is 1.75 bits per heavy atom. The van der Waals surface area contributed by atoms with E-state index in [-0.39, 0.29) is 18.2 Å². The lowest BCUT2D eigenvalue weighted by molar-refractivity contribution is -0.0786. The molecule has 13 heteroatoms. The highest BCUT2D eigenvalue weighted by atomic mass is 16.6. The van der Waals surface area contributed by atoms with Gasteiger partial charge in [0.25, 0.3) is 0 Å². The van der Waals surface area contributed by atoms with Crippen molar-refractivity contribution < 1.29 is 19.0 Å². The van der Waals surface area contributed by atoms with E-state index in [0.29, 0.717) is 42.4 Å². The molecule has 4 bridgehead atoms. The Balaban J connectivity index is 0.916. The standard InChI is InChI=1S/C39H47N9O4/c1-25-10-27(14-40)37-33(13-32(24-46(37)18-25)51-9-8-44-20-30-12-31(21-44)48(30)38(49)52-39(2,3)4)34-16-42-35(17-41-34)45-22-28-11-29(23-45)47(28)19-26-6-7-36(50-5)43-15-26/h6-7,10,13,15-17,24,28-31H,8-9,11-12,18-23H2,1-5H3. The summed E-state index contributed by atoms with van der Waals surface area (Å²) in [7, 11) is 1.63. The minimum absolute atomic E-state index is 0.183. The van der Waals surface area contributed by atoms with Crippen molar-refractivity contribution in [3.8, 4) is 11.9 Å². The maximum absolute atomic E-state index is 12.7. The fourth-order valence-corrected chi connectivity index (χ4v) is 8.41. The predicted octanol–water partition coefficient (Wildman–Crippen LogP) is 4.33. The first-order valence-electron chi connectivity index (χ1n) is 18.3. The minimum atomic E-state index is -0.498. The second-order valence-electron chi connectivity index (χ2n) is 15.7. The molecular formula is C39H47N9O4. The van der Waals surface area contributed by atoms with E-state index in [9.17, 15) is 10.1 Å². The Kier molecular flexibility index (Phi) is 8.91. The molecule has 2 aromatic heterocycles. The molecule has 2 aromatic rings. The summed E-state index contributed by atoms with van der Waals surface area (Å²) in [5, 5.41) is 10.1. The highest BCUT2D eigenvalue weighted by Crippen LogP contribution is 2.39. The van der Waals surface area contributed by atoms with Crippen molar-refractivity contribution in [1.29, 1.82) is 5.26 Å². The molecule has 13 nitrogen and oxygen atoms in total. The number of aromatic nitrogens is 3. The van der Waals surface area contributed by atoms with E-state index in [1.165, 1.54) is 12.0 Å². The number of piperidine rings is 2. The molecule has 10 heterocycles. The zero-order valence-corrected chi connectivity index (χ0v) is 30.7. The van der Waals surface area contributed by atoms with Gasteiger partial charge in [0, 0.05) is 81.9 Å². The monoisotopic (exact) mass is 705 g/mol. The van der Waals surface area contributed by atoms with E-state index in [2.05, 4.69) is 36.7 Å². The Morgan fingerprint density at radius 1 is 0.981 bits per heavy atom. The fraction of sp³-hybridized carbons (Fsp3) is 0.513. The maximum Gasteiger partial charge on any atom is 0.410 e. The van der Waals surface area contributed by atoms with Crippen LogP contribution in [0.5, 0.6) is 5.88 Å². The first-order valence-corrected chi connectivity index (χ1v) is 18.3. The number of carbonyl (C=O) groups is 1. The van der Waals surface area contributed by atoms with Gasteiger partial charge in [0.05, 0.1) is 48.6 Å². The number of anilines is 1. The van der Waals surface area contributed by atoms with Crippen molar-refractivity contribution in [2.75, 3.05) is 57.9 Å². The quantitative estimate of drug-likeness (QED) is 0.369. The molecule has 8 aliphatic rings. The predicted molar refractivity (Wildman–Crippen MR) is 195 cm³/mol. The number of piperazine rings is 2. The number of hydrogen-bond donors (Lipinski definition) is 0. The largest absolute Gasteiger partial charge is 0.491 e. The second kappa shape index (κ2) is 13.6. The highest BCUT2D eigenvalue weighted by molar-refractivity contribution is 5.83. The Hall–Kier alpha value is -4.93. The molecule has 0 N–H and O–H groups in total. The average molecular weight is 706 g/mol. The van der Waals surface area contributed by atoms with E-state index < -0.39 is 5.60 Å². The third kappa shape index (κ3) is 6.73. The van der Waals surface area contributed by atoms with Crippen molar-refractivity contribution in [2.45, 2.75) is 76.8 Å². The number of carbonyl (C=O) groups excluding carboxylic acids is 1. The van der Waals surface area contributed by atoms with Gasteiger partial charge in [-0.2, -0.15) is 5.26 Å². The number of methoxy groups -OCH3 is 1. The molecule has 0 spiro atoms. The number of rotatable bonds is 9. The molecule has 4 atom stereocenters. The summed E-state index contributed by atoms with van der Waals surface area (Å²) in [4.78, 5) is 38.1. The van der Waals surface area contributed by atoms with E-state index in [4.69, 9.17) is 24.2 Å². The topological polar surface area (TPSA) is 123 Å². The van der Waals surface area contributed by atoms with Crippen molar-refractivity contribution in [3.63, 3.8) is 0 Å². The summed E-state index contributed by atoms with van der Waals surface area (Å²) in [5.41, 5.74) is 4.74. The molecule has 0 aliphatic carbocycles. The SMILES string of the molecule is COc1ccc(CN2C3CC2CN(c2cnc(C4=CC(OCCN5CC6CC(C5)N6C(=O)OC(C)(C)C)=CN5CC(C)=CC(C#N)=C45)cn2)C3)cn1. The van der Waals surface area contributed by atoms with E-state index in [0.717, 1.165) is 74.1 Å². The van der Waals surface area contributed by atoms with Crippen LogP contribution in [0.2, 0.25) is 0 Å². The summed E-state index contributed by atoms with van der Waals surface area (Å²) in [6.07, 6.45) is 13.5. The first-order chi connectivity index (χ1) is 25.0. The fourth-order valence-electron chi connectivity index (χ4n) is 8.41. The summed E-state index contributed by atoms with van der Waals surface area (Å²) in [5.74, 6) is 2.22. The molecule has 10 rings (SSSR count). The average Bonchev–Trinajstić information content (AvgIpc) is 3.12. The van der Waals surface area contributed by atoms with Crippen LogP contribution in [0.1, 0.15) is 51.8 Å². The number of amides is 1. The Bertz CT molecular complexity index is 1850. The minimum Gasteiger partial charge on any atom is -0.491 e. The Morgan fingerprint density at radius 3 is 2.40 bits per heavy atom. The van der Waals surface area contributed by atoms with Gasteiger partial charge in [-0.3, -0.25) is 19.7 Å². The van der Waals surface area contributed by atoms with Crippen LogP contribution in [-0.4, -0.2) is 123 Å². The van der Waals surface area contributed by atoms with Crippen LogP contribution in [0, 0.1) is 11.3 Å². The van der Waals surface area contributed by atoms with Crippen LogP contribution in [0.4, 0.5) is 10.6 Å².